The summed E-state index contributed by atoms with van der Waals surface area (Å²) in [5.41, 5.74) is 2.27. The predicted octanol–water partition coefficient (Wildman–Crippen LogP) is 4.45. The summed E-state index contributed by atoms with van der Waals surface area (Å²) < 4.78 is 1.83. The second kappa shape index (κ2) is 15.4. The fraction of sp³-hybridized carbons (Fsp3) is 0.615. The van der Waals surface area contributed by atoms with E-state index >= 15 is 0 Å². The van der Waals surface area contributed by atoms with E-state index in [1.165, 1.54) is 0 Å². The highest BCUT2D eigenvalue weighted by molar-refractivity contribution is 5.47. The Hall–Kier alpha value is -1.05. The monoisotopic (exact) mass is 212 g/mol. The van der Waals surface area contributed by atoms with Crippen molar-refractivity contribution in [2.24, 2.45) is 7.05 Å². The van der Waals surface area contributed by atoms with Crippen LogP contribution in [0.5, 0.6) is 0 Å². The highest BCUT2D eigenvalue weighted by Gasteiger charge is 1.96. The number of hydrogen-bond acceptors (Lipinski definition) is 1. The lowest BCUT2D eigenvalue weighted by molar-refractivity contribution is 0.740. The highest BCUT2D eigenvalue weighted by Crippen LogP contribution is 2.05. The first kappa shape index (κ1) is 19.5. The third-order valence-corrected chi connectivity index (χ3v) is 1.49. The van der Waals surface area contributed by atoms with E-state index in [0.717, 1.165) is 11.3 Å². The van der Waals surface area contributed by atoms with Crippen LogP contribution in [-0.4, -0.2) is 9.78 Å². The molecule has 1 aromatic heterocycles. The van der Waals surface area contributed by atoms with Crippen LogP contribution >= 0.6 is 0 Å². The van der Waals surface area contributed by atoms with Gasteiger partial charge in [0, 0.05) is 18.3 Å². The van der Waals surface area contributed by atoms with Crippen LogP contribution in [0.2, 0.25) is 0 Å². The number of aryl methyl sites for hydroxylation is 1. The Morgan fingerprint density at radius 1 is 1.13 bits per heavy atom. The van der Waals surface area contributed by atoms with Crippen LogP contribution in [0.1, 0.15) is 52.8 Å². The smallest absolute Gasteiger partial charge is 0.0564 e. The largest absolute Gasteiger partial charge is 0.272 e. The van der Waals surface area contributed by atoms with Crippen molar-refractivity contribution in [3.63, 3.8) is 0 Å². The first-order valence-corrected chi connectivity index (χ1v) is 5.86. The van der Waals surface area contributed by atoms with Crippen LogP contribution in [0.15, 0.2) is 12.8 Å². The molecule has 0 radical (unpaired) electrons. The molecule has 15 heavy (non-hydrogen) atoms. The van der Waals surface area contributed by atoms with Crippen LogP contribution in [0, 0.1) is 6.92 Å². The van der Waals surface area contributed by atoms with E-state index < -0.39 is 0 Å². The molecular formula is C13H28N2. The second-order valence-electron chi connectivity index (χ2n) is 2.01. The summed E-state index contributed by atoms with van der Waals surface area (Å²) in [4.78, 5) is 0. The molecule has 0 fully saturated rings. The summed E-state index contributed by atoms with van der Waals surface area (Å²) in [6.45, 7) is 17.7. The molecule has 2 nitrogen and oxygen atoms in total. The quantitative estimate of drug-likeness (QED) is 0.672. The average Bonchev–Trinajstić information content (AvgIpc) is 2.67. The topological polar surface area (TPSA) is 17.8 Å². The van der Waals surface area contributed by atoms with E-state index in [0.29, 0.717) is 0 Å². The van der Waals surface area contributed by atoms with Crippen molar-refractivity contribution in [3.8, 4) is 0 Å². The van der Waals surface area contributed by atoms with Crippen LogP contribution in [-0.2, 0) is 7.05 Å². The fourth-order valence-electron chi connectivity index (χ4n) is 0.716. The minimum absolute atomic E-state index is 1.11. The van der Waals surface area contributed by atoms with E-state index in [2.05, 4.69) is 11.7 Å². The van der Waals surface area contributed by atoms with E-state index in [9.17, 15) is 0 Å². The Morgan fingerprint density at radius 3 is 1.67 bits per heavy atom. The first-order valence-electron chi connectivity index (χ1n) is 5.86. The maximum atomic E-state index is 4.03. The van der Waals surface area contributed by atoms with E-state index in [1.54, 1.807) is 0 Å². The summed E-state index contributed by atoms with van der Waals surface area (Å²) in [6, 6.07) is 0. The van der Waals surface area contributed by atoms with Gasteiger partial charge in [-0.05, 0) is 6.92 Å². The summed E-state index contributed by atoms with van der Waals surface area (Å²) in [6.07, 6.45) is 3.62. The Labute approximate surface area is 96.0 Å². The summed E-state index contributed by atoms with van der Waals surface area (Å²) >= 11 is 0. The molecule has 0 aromatic carbocycles. The average molecular weight is 212 g/mol. The van der Waals surface area contributed by atoms with Crippen molar-refractivity contribution in [1.82, 2.24) is 9.78 Å². The van der Waals surface area contributed by atoms with Gasteiger partial charge in [-0.2, -0.15) is 5.10 Å². The summed E-state index contributed by atoms with van der Waals surface area (Å²) in [5, 5.41) is 4.03. The van der Waals surface area contributed by atoms with E-state index in [-0.39, 0.29) is 0 Å². The third kappa shape index (κ3) is 7.98. The highest BCUT2D eigenvalue weighted by atomic mass is 15.3. The zero-order valence-corrected chi connectivity index (χ0v) is 11.8. The maximum absolute atomic E-state index is 4.03. The van der Waals surface area contributed by atoms with E-state index in [1.807, 2.05) is 72.5 Å². The van der Waals surface area contributed by atoms with Crippen molar-refractivity contribution in [2.75, 3.05) is 0 Å². The molecule has 2 heteroatoms. The van der Waals surface area contributed by atoms with Crippen LogP contribution in [0.25, 0.3) is 6.08 Å². The number of nitrogens with zero attached hydrogens (tertiary/aromatic N) is 2. The molecule has 0 amide bonds. The van der Waals surface area contributed by atoms with Gasteiger partial charge >= 0.3 is 0 Å². The molecule has 0 aliphatic rings. The molecular weight excluding hydrogens is 184 g/mol. The summed E-state index contributed by atoms with van der Waals surface area (Å²) in [5.74, 6) is 0. The van der Waals surface area contributed by atoms with Crippen molar-refractivity contribution >= 4 is 6.08 Å². The van der Waals surface area contributed by atoms with Gasteiger partial charge in [0.25, 0.3) is 0 Å². The number of aromatic nitrogens is 2. The normalized spacial score (nSPS) is 6.93. The standard InChI is InChI=1S/C7H10N2.3C2H6/c1-4-7-5-8-9(3)6(7)2;3*1-2/h4-5H,1H2,2-3H3;3*1-2H3. The van der Waals surface area contributed by atoms with Gasteiger partial charge in [-0.1, -0.05) is 54.2 Å². The van der Waals surface area contributed by atoms with Crippen molar-refractivity contribution in [2.45, 2.75) is 48.5 Å². The summed E-state index contributed by atoms with van der Waals surface area (Å²) in [7, 11) is 1.92. The van der Waals surface area contributed by atoms with Gasteiger partial charge in [0.15, 0.2) is 0 Å². The molecule has 0 aliphatic heterocycles. The molecule has 0 aliphatic carbocycles. The maximum Gasteiger partial charge on any atom is 0.0564 e. The molecule has 0 bridgehead atoms. The molecule has 1 aromatic rings. The molecule has 0 saturated heterocycles. The van der Waals surface area contributed by atoms with Gasteiger partial charge in [-0.3, -0.25) is 4.68 Å². The zero-order valence-electron chi connectivity index (χ0n) is 11.8. The minimum Gasteiger partial charge on any atom is -0.272 e. The number of hydrogen-bond donors (Lipinski definition) is 0. The van der Waals surface area contributed by atoms with Gasteiger partial charge in [-0.25, -0.2) is 0 Å². The lowest BCUT2D eigenvalue weighted by Gasteiger charge is -1.91. The van der Waals surface area contributed by atoms with E-state index in [4.69, 9.17) is 0 Å². The van der Waals surface area contributed by atoms with Gasteiger partial charge in [0.2, 0.25) is 0 Å². The van der Waals surface area contributed by atoms with Crippen LogP contribution in [0.4, 0.5) is 0 Å². The lowest BCUT2D eigenvalue weighted by atomic mass is 10.3. The van der Waals surface area contributed by atoms with Crippen LogP contribution in [0.3, 0.4) is 0 Å². The SMILES string of the molecule is C=Cc1cnn(C)c1C.CC.CC.CC. The molecule has 0 unspecified atom stereocenters. The third-order valence-electron chi connectivity index (χ3n) is 1.49. The van der Waals surface area contributed by atoms with Gasteiger partial charge in [0.05, 0.1) is 6.20 Å². The zero-order chi connectivity index (χ0) is 12.9. The second-order valence-corrected chi connectivity index (χ2v) is 2.01. The predicted molar refractivity (Wildman–Crippen MR) is 72.1 cm³/mol. The molecule has 1 heterocycles. The molecule has 1 rings (SSSR count). The Balaban J connectivity index is -0.000000208. The van der Waals surface area contributed by atoms with Gasteiger partial charge < -0.3 is 0 Å². The first-order chi connectivity index (χ1) is 7.25. The minimum atomic E-state index is 1.11. The Morgan fingerprint density at radius 2 is 1.53 bits per heavy atom. The Kier molecular flexibility index (Phi) is 20.1. The van der Waals surface area contributed by atoms with Gasteiger partial charge in [-0.15, -0.1) is 0 Å². The molecule has 0 N–H and O–H groups in total. The molecule has 90 valence electrons. The Bertz CT molecular complexity index is 224. The van der Waals surface area contributed by atoms with Crippen molar-refractivity contribution in [1.29, 1.82) is 0 Å². The molecule has 0 atom stereocenters. The lowest BCUT2D eigenvalue weighted by Crippen LogP contribution is -1.91. The molecule has 0 spiro atoms. The molecule has 0 saturated carbocycles. The van der Waals surface area contributed by atoms with Crippen LogP contribution < -0.4 is 0 Å². The van der Waals surface area contributed by atoms with Crippen molar-refractivity contribution in [3.05, 3.63) is 24.0 Å². The van der Waals surface area contributed by atoms with Gasteiger partial charge in [0.1, 0.15) is 0 Å². The van der Waals surface area contributed by atoms with Crippen molar-refractivity contribution < 1.29 is 0 Å². The fourth-order valence-corrected chi connectivity index (χ4v) is 0.716. The number of rotatable bonds is 1.